The first kappa shape index (κ1) is 19.8. The third-order valence-electron chi connectivity index (χ3n) is 4.65. The molecule has 1 aromatic carbocycles. The lowest BCUT2D eigenvalue weighted by atomic mass is 10.0. The number of nitrogens with one attached hydrogen (secondary N) is 2. The van der Waals surface area contributed by atoms with Gasteiger partial charge < -0.3 is 24.7 Å². The van der Waals surface area contributed by atoms with Crippen LogP contribution >= 0.6 is 22.9 Å². The average Bonchev–Trinajstić information content (AvgIpc) is 3.24. The molecule has 0 unspecified atom stereocenters. The van der Waals surface area contributed by atoms with Crippen LogP contribution in [0.3, 0.4) is 0 Å². The number of hydrogen-bond donors (Lipinski definition) is 2. The number of H-pyrrole nitrogens is 1. The third kappa shape index (κ3) is 4.90. The molecule has 3 heterocycles. The van der Waals surface area contributed by atoms with Gasteiger partial charge in [0.15, 0.2) is 0 Å². The van der Waals surface area contributed by atoms with Crippen LogP contribution in [0.25, 0.3) is 10.2 Å². The van der Waals surface area contributed by atoms with Gasteiger partial charge in [-0.2, -0.15) is 0 Å². The molecule has 29 heavy (non-hydrogen) atoms. The van der Waals surface area contributed by atoms with Crippen molar-refractivity contribution < 1.29 is 19.1 Å². The Morgan fingerprint density at radius 3 is 2.72 bits per heavy atom. The van der Waals surface area contributed by atoms with Crippen molar-refractivity contribution >= 4 is 45.2 Å². The quantitative estimate of drug-likeness (QED) is 0.645. The van der Waals surface area contributed by atoms with Crippen LogP contribution in [-0.4, -0.2) is 54.2 Å². The Labute approximate surface area is 176 Å². The second-order valence-electron chi connectivity index (χ2n) is 6.68. The molecule has 3 aromatic rings. The summed E-state index contributed by atoms with van der Waals surface area (Å²) in [7, 11) is 0. The van der Waals surface area contributed by atoms with Crippen LogP contribution in [0.5, 0.6) is 5.88 Å². The minimum absolute atomic E-state index is 0.145. The Morgan fingerprint density at radius 2 is 2.00 bits per heavy atom. The minimum Gasteiger partial charge on any atom is -0.393 e. The predicted octanol–water partition coefficient (Wildman–Crippen LogP) is 3.44. The maximum absolute atomic E-state index is 13.0. The van der Waals surface area contributed by atoms with Gasteiger partial charge in [-0.25, -0.2) is 4.79 Å². The molecule has 7 nitrogen and oxygen atoms in total. The third-order valence-corrected chi connectivity index (χ3v) is 5.85. The molecular formula is C20H20ClN3O4S. The molecule has 9 heteroatoms. The van der Waals surface area contributed by atoms with E-state index in [1.807, 2.05) is 30.3 Å². The van der Waals surface area contributed by atoms with Crippen LogP contribution in [-0.2, 0) is 16.0 Å². The number of rotatable bonds is 5. The average molecular weight is 434 g/mol. The molecule has 2 amide bonds. The second kappa shape index (κ2) is 8.86. The Morgan fingerprint density at radius 1 is 1.24 bits per heavy atom. The number of benzene rings is 1. The van der Waals surface area contributed by atoms with E-state index in [0.29, 0.717) is 42.9 Å². The van der Waals surface area contributed by atoms with Crippen molar-refractivity contribution in [2.24, 2.45) is 0 Å². The smallest absolute Gasteiger partial charge is 0.393 e. The fourth-order valence-electron chi connectivity index (χ4n) is 3.25. The van der Waals surface area contributed by atoms with Gasteiger partial charge in [-0.05, 0) is 11.6 Å². The zero-order chi connectivity index (χ0) is 20.2. The van der Waals surface area contributed by atoms with Crippen LogP contribution < -0.4 is 10.1 Å². The number of carbonyl (C=O) groups excluding carboxylic acids is 2. The second-order valence-corrected chi connectivity index (χ2v) is 8.37. The number of thiophene rings is 1. The number of ether oxygens (including phenoxy) is 2. The molecule has 0 aliphatic carbocycles. The van der Waals surface area contributed by atoms with Crippen LogP contribution in [0.15, 0.2) is 42.5 Å². The summed E-state index contributed by atoms with van der Waals surface area (Å²) in [6.45, 7) is 2.01. The SMILES string of the molecule is O=C(N[C@@H](Cc1ccccc1)C(=O)N1CCOCC1)Oc1cc2cc(Cl)sc2[nH]1. The molecule has 0 saturated carbocycles. The number of aromatic amines is 1. The van der Waals surface area contributed by atoms with Crippen LogP contribution in [0, 0.1) is 0 Å². The molecule has 0 bridgehead atoms. The van der Waals surface area contributed by atoms with E-state index < -0.39 is 12.1 Å². The van der Waals surface area contributed by atoms with E-state index in [4.69, 9.17) is 21.1 Å². The van der Waals surface area contributed by atoms with Gasteiger partial charge in [0.2, 0.25) is 11.8 Å². The van der Waals surface area contributed by atoms with Gasteiger partial charge in [0.25, 0.3) is 0 Å². The number of amides is 2. The van der Waals surface area contributed by atoms with E-state index in [1.54, 1.807) is 17.0 Å². The number of morpholine rings is 1. The molecule has 4 rings (SSSR count). The number of hydrogen-bond acceptors (Lipinski definition) is 5. The lowest BCUT2D eigenvalue weighted by Crippen LogP contribution is -2.53. The van der Waals surface area contributed by atoms with E-state index in [1.165, 1.54) is 11.3 Å². The highest BCUT2D eigenvalue weighted by atomic mass is 35.5. The predicted molar refractivity (Wildman–Crippen MR) is 112 cm³/mol. The van der Waals surface area contributed by atoms with Gasteiger partial charge >= 0.3 is 6.09 Å². The van der Waals surface area contributed by atoms with E-state index in [-0.39, 0.29) is 5.91 Å². The van der Waals surface area contributed by atoms with E-state index in [2.05, 4.69) is 10.3 Å². The van der Waals surface area contributed by atoms with Crippen molar-refractivity contribution in [1.82, 2.24) is 15.2 Å². The Kier molecular flexibility index (Phi) is 6.03. The zero-order valence-electron chi connectivity index (χ0n) is 15.5. The molecule has 152 valence electrons. The van der Waals surface area contributed by atoms with Gasteiger partial charge in [-0.1, -0.05) is 41.9 Å². The van der Waals surface area contributed by atoms with Gasteiger partial charge in [0.1, 0.15) is 10.9 Å². The monoisotopic (exact) mass is 433 g/mol. The minimum atomic E-state index is -0.728. The summed E-state index contributed by atoms with van der Waals surface area (Å²) in [6.07, 6.45) is -0.311. The summed E-state index contributed by atoms with van der Waals surface area (Å²) in [5.41, 5.74) is 0.953. The Hall–Kier alpha value is -2.55. The molecular weight excluding hydrogens is 414 g/mol. The molecule has 1 saturated heterocycles. The van der Waals surface area contributed by atoms with E-state index >= 15 is 0 Å². The molecule has 0 radical (unpaired) electrons. The highest BCUT2D eigenvalue weighted by Gasteiger charge is 2.28. The van der Waals surface area contributed by atoms with Gasteiger partial charge in [-0.15, -0.1) is 11.3 Å². The Balaban J connectivity index is 1.46. The number of nitrogens with zero attached hydrogens (tertiary/aromatic N) is 1. The van der Waals surface area contributed by atoms with E-state index in [0.717, 1.165) is 15.8 Å². The lowest BCUT2D eigenvalue weighted by molar-refractivity contribution is -0.137. The first-order chi connectivity index (χ1) is 14.1. The number of aromatic nitrogens is 1. The van der Waals surface area contributed by atoms with Crippen molar-refractivity contribution in [3.8, 4) is 5.88 Å². The number of carbonyl (C=O) groups is 2. The van der Waals surface area contributed by atoms with Gasteiger partial charge in [-0.3, -0.25) is 4.79 Å². The maximum atomic E-state index is 13.0. The fourth-order valence-corrected chi connectivity index (χ4v) is 4.37. The largest absolute Gasteiger partial charge is 0.414 e. The molecule has 1 atom stereocenters. The Bertz CT molecular complexity index is 966. The van der Waals surface area contributed by atoms with Crippen LogP contribution in [0.2, 0.25) is 4.34 Å². The van der Waals surface area contributed by atoms with Crippen LogP contribution in [0.4, 0.5) is 4.79 Å². The molecule has 1 aliphatic rings. The number of fused-ring (bicyclic) bond motifs is 1. The summed E-state index contributed by atoms with van der Waals surface area (Å²) >= 11 is 7.33. The van der Waals surface area contributed by atoms with Gasteiger partial charge in [0, 0.05) is 31.0 Å². The maximum Gasteiger partial charge on any atom is 0.414 e. The topological polar surface area (TPSA) is 83.7 Å². The molecule has 1 fully saturated rings. The summed E-state index contributed by atoms with van der Waals surface area (Å²) < 4.78 is 11.3. The van der Waals surface area contributed by atoms with Crippen molar-refractivity contribution in [1.29, 1.82) is 0 Å². The first-order valence-corrected chi connectivity index (χ1v) is 10.4. The van der Waals surface area contributed by atoms with Crippen molar-refractivity contribution in [3.05, 3.63) is 52.4 Å². The fraction of sp³-hybridized carbons (Fsp3) is 0.300. The van der Waals surface area contributed by atoms with Crippen molar-refractivity contribution in [3.63, 3.8) is 0 Å². The molecule has 0 spiro atoms. The van der Waals surface area contributed by atoms with E-state index in [9.17, 15) is 9.59 Å². The molecule has 1 aliphatic heterocycles. The van der Waals surface area contributed by atoms with Crippen molar-refractivity contribution in [2.45, 2.75) is 12.5 Å². The summed E-state index contributed by atoms with van der Waals surface area (Å²) in [4.78, 5) is 31.0. The lowest BCUT2D eigenvalue weighted by Gasteiger charge is -2.30. The standard InChI is InChI=1S/C20H20ClN3O4S/c21-16-11-14-12-17(23-18(14)29-16)28-20(26)22-15(10-13-4-2-1-3-5-13)19(25)24-6-8-27-9-7-24/h1-5,11-12,15,23H,6-10H2,(H,22,26)/t15-/m0/s1. The van der Waals surface area contributed by atoms with Gasteiger partial charge in [0.05, 0.1) is 17.6 Å². The summed E-state index contributed by atoms with van der Waals surface area (Å²) in [5, 5.41) is 3.59. The zero-order valence-corrected chi connectivity index (χ0v) is 17.1. The summed E-state index contributed by atoms with van der Waals surface area (Å²) in [5.74, 6) is 0.158. The number of halogens is 1. The normalized spacial score (nSPS) is 15.3. The van der Waals surface area contributed by atoms with Crippen LogP contribution in [0.1, 0.15) is 5.56 Å². The highest BCUT2D eigenvalue weighted by Crippen LogP contribution is 2.31. The summed E-state index contributed by atoms with van der Waals surface area (Å²) in [6, 6.07) is 12.3. The highest BCUT2D eigenvalue weighted by molar-refractivity contribution is 7.22. The molecule has 2 N–H and O–H groups in total. The molecule has 2 aromatic heterocycles. The van der Waals surface area contributed by atoms with Crippen molar-refractivity contribution in [2.75, 3.05) is 26.3 Å². The first-order valence-electron chi connectivity index (χ1n) is 9.25.